The fraction of sp³-hybridized carbons (Fsp3) is 0.667. The molecule has 0 aliphatic carbocycles. The Morgan fingerprint density at radius 1 is 1.56 bits per heavy atom. The lowest BCUT2D eigenvalue weighted by molar-refractivity contribution is -0.331. The van der Waals surface area contributed by atoms with Crippen LogP contribution >= 0.6 is 0 Å². The first-order chi connectivity index (χ1) is 7.40. The Labute approximate surface area is 91.5 Å². The van der Waals surface area contributed by atoms with Gasteiger partial charge in [0.2, 0.25) is 5.79 Å². The summed E-state index contributed by atoms with van der Waals surface area (Å²) < 4.78 is 9.24. The SMILES string of the molecule is C=CC(=O)OCC1(O)OC[C@@H](O)[C@@H](O)[C@@H]1O. The zero-order valence-electron chi connectivity index (χ0n) is 8.44. The number of aliphatic hydroxyl groups excluding tert-OH is 3. The third kappa shape index (κ3) is 2.57. The van der Waals surface area contributed by atoms with Crippen molar-refractivity contribution in [3.05, 3.63) is 12.7 Å². The van der Waals surface area contributed by atoms with Gasteiger partial charge in [-0.3, -0.25) is 0 Å². The summed E-state index contributed by atoms with van der Waals surface area (Å²) in [5.41, 5.74) is 0. The molecule has 0 amide bonds. The summed E-state index contributed by atoms with van der Waals surface area (Å²) in [5, 5.41) is 37.6. The van der Waals surface area contributed by atoms with Crippen molar-refractivity contribution in [1.82, 2.24) is 0 Å². The van der Waals surface area contributed by atoms with Crippen molar-refractivity contribution in [2.45, 2.75) is 24.1 Å². The number of hydrogen-bond donors (Lipinski definition) is 4. The van der Waals surface area contributed by atoms with Gasteiger partial charge in [-0.15, -0.1) is 0 Å². The molecule has 4 atom stereocenters. The van der Waals surface area contributed by atoms with Crippen LogP contribution in [0.3, 0.4) is 0 Å². The van der Waals surface area contributed by atoms with Crippen molar-refractivity contribution >= 4 is 5.97 Å². The van der Waals surface area contributed by atoms with Crippen molar-refractivity contribution in [3.8, 4) is 0 Å². The molecule has 0 aromatic rings. The van der Waals surface area contributed by atoms with Gasteiger partial charge >= 0.3 is 5.97 Å². The van der Waals surface area contributed by atoms with Gasteiger partial charge in [-0.1, -0.05) is 6.58 Å². The van der Waals surface area contributed by atoms with E-state index in [0.29, 0.717) is 0 Å². The van der Waals surface area contributed by atoms with E-state index < -0.39 is 36.7 Å². The molecule has 1 heterocycles. The summed E-state index contributed by atoms with van der Waals surface area (Å²) in [6.45, 7) is 2.11. The zero-order chi connectivity index (χ0) is 12.3. The van der Waals surface area contributed by atoms with E-state index >= 15 is 0 Å². The van der Waals surface area contributed by atoms with Crippen LogP contribution in [0.4, 0.5) is 0 Å². The van der Waals surface area contributed by atoms with Crippen molar-refractivity contribution in [3.63, 3.8) is 0 Å². The standard InChI is InChI=1S/C9H14O7/c1-2-6(11)15-4-9(14)8(13)7(12)5(10)3-16-9/h2,5,7-8,10,12-14H,1,3-4H2/t5-,7-,8+,9?/m1/s1. The molecule has 1 aliphatic rings. The van der Waals surface area contributed by atoms with Crippen molar-refractivity contribution < 1.29 is 34.7 Å². The maximum atomic E-state index is 10.7. The molecule has 92 valence electrons. The van der Waals surface area contributed by atoms with Crippen LogP contribution in [-0.4, -0.2) is 63.7 Å². The van der Waals surface area contributed by atoms with Gasteiger partial charge in [-0.2, -0.15) is 0 Å². The van der Waals surface area contributed by atoms with E-state index in [1.807, 2.05) is 0 Å². The van der Waals surface area contributed by atoms with Crippen LogP contribution in [0.5, 0.6) is 0 Å². The quantitative estimate of drug-likeness (QED) is 0.315. The van der Waals surface area contributed by atoms with Crippen LogP contribution in [0.2, 0.25) is 0 Å². The Morgan fingerprint density at radius 3 is 2.75 bits per heavy atom. The predicted molar refractivity (Wildman–Crippen MR) is 50.1 cm³/mol. The molecule has 7 nitrogen and oxygen atoms in total. The highest BCUT2D eigenvalue weighted by molar-refractivity contribution is 5.81. The minimum Gasteiger partial charge on any atom is -0.457 e. The molecule has 1 saturated heterocycles. The Hall–Kier alpha value is -0.990. The summed E-state index contributed by atoms with van der Waals surface area (Å²) in [6, 6.07) is 0. The Bertz CT molecular complexity index is 279. The second-order valence-electron chi connectivity index (χ2n) is 3.47. The molecule has 1 unspecified atom stereocenters. The molecule has 7 heteroatoms. The zero-order valence-corrected chi connectivity index (χ0v) is 8.44. The van der Waals surface area contributed by atoms with Crippen LogP contribution in [0.1, 0.15) is 0 Å². The second kappa shape index (κ2) is 4.89. The highest BCUT2D eigenvalue weighted by Gasteiger charge is 2.49. The van der Waals surface area contributed by atoms with E-state index in [0.717, 1.165) is 6.08 Å². The first-order valence-electron chi connectivity index (χ1n) is 4.60. The maximum Gasteiger partial charge on any atom is 0.330 e. The highest BCUT2D eigenvalue weighted by atomic mass is 16.7. The number of carbonyl (C=O) groups excluding carboxylic acids is 1. The smallest absolute Gasteiger partial charge is 0.330 e. The van der Waals surface area contributed by atoms with E-state index in [9.17, 15) is 20.1 Å². The van der Waals surface area contributed by atoms with E-state index in [-0.39, 0.29) is 6.61 Å². The van der Waals surface area contributed by atoms with Crippen LogP contribution in [0, 0.1) is 0 Å². The number of carbonyl (C=O) groups is 1. The van der Waals surface area contributed by atoms with Crippen molar-refractivity contribution in [2.24, 2.45) is 0 Å². The Morgan fingerprint density at radius 2 is 2.19 bits per heavy atom. The molecule has 1 rings (SSSR count). The minimum absolute atomic E-state index is 0.375. The number of aliphatic hydroxyl groups is 4. The molecular formula is C9H14O7. The summed E-state index contributed by atoms with van der Waals surface area (Å²) in [5.74, 6) is -3.03. The van der Waals surface area contributed by atoms with Gasteiger partial charge in [0.1, 0.15) is 24.9 Å². The average Bonchev–Trinajstić information content (AvgIpc) is 2.29. The topological polar surface area (TPSA) is 116 Å². The number of ether oxygens (including phenoxy) is 2. The predicted octanol–water partition coefficient (Wildman–Crippen LogP) is -2.48. The highest BCUT2D eigenvalue weighted by Crippen LogP contribution is 2.24. The van der Waals surface area contributed by atoms with Crippen LogP contribution in [0.25, 0.3) is 0 Å². The summed E-state index contributed by atoms with van der Waals surface area (Å²) in [6.07, 6.45) is -3.76. The Balaban J connectivity index is 2.62. The van der Waals surface area contributed by atoms with Crippen molar-refractivity contribution in [2.75, 3.05) is 13.2 Å². The second-order valence-corrected chi connectivity index (χ2v) is 3.47. The van der Waals surface area contributed by atoms with Gasteiger partial charge in [-0.05, 0) is 0 Å². The lowest BCUT2D eigenvalue weighted by atomic mass is 9.97. The molecule has 0 bridgehead atoms. The summed E-state index contributed by atoms with van der Waals surface area (Å²) in [4.78, 5) is 10.7. The molecule has 0 aromatic carbocycles. The summed E-state index contributed by atoms with van der Waals surface area (Å²) >= 11 is 0. The normalized spacial score (nSPS) is 39.1. The van der Waals surface area contributed by atoms with Crippen LogP contribution in [-0.2, 0) is 14.3 Å². The van der Waals surface area contributed by atoms with E-state index in [4.69, 9.17) is 9.84 Å². The van der Waals surface area contributed by atoms with Gasteiger partial charge in [0.05, 0.1) is 6.61 Å². The molecule has 1 aliphatic heterocycles. The monoisotopic (exact) mass is 234 g/mol. The number of esters is 1. The maximum absolute atomic E-state index is 10.7. The molecule has 4 N–H and O–H groups in total. The lowest BCUT2D eigenvalue weighted by Crippen LogP contribution is -2.62. The van der Waals surface area contributed by atoms with Crippen molar-refractivity contribution in [1.29, 1.82) is 0 Å². The van der Waals surface area contributed by atoms with Crippen LogP contribution in [0.15, 0.2) is 12.7 Å². The fourth-order valence-electron chi connectivity index (χ4n) is 1.25. The third-order valence-electron chi connectivity index (χ3n) is 2.27. The molecule has 0 radical (unpaired) electrons. The largest absolute Gasteiger partial charge is 0.457 e. The lowest BCUT2D eigenvalue weighted by Gasteiger charge is -2.40. The Kier molecular flexibility index (Phi) is 4.00. The van der Waals surface area contributed by atoms with Gasteiger partial charge in [0.15, 0.2) is 0 Å². The number of hydrogen-bond acceptors (Lipinski definition) is 7. The van der Waals surface area contributed by atoms with E-state index in [2.05, 4.69) is 11.3 Å². The fourth-order valence-corrected chi connectivity index (χ4v) is 1.25. The molecule has 0 aromatic heterocycles. The third-order valence-corrected chi connectivity index (χ3v) is 2.27. The van der Waals surface area contributed by atoms with E-state index in [1.54, 1.807) is 0 Å². The number of rotatable bonds is 3. The van der Waals surface area contributed by atoms with Crippen LogP contribution < -0.4 is 0 Å². The van der Waals surface area contributed by atoms with Gasteiger partial charge < -0.3 is 29.9 Å². The summed E-state index contributed by atoms with van der Waals surface area (Å²) in [7, 11) is 0. The first kappa shape index (κ1) is 13.1. The average molecular weight is 234 g/mol. The molecule has 16 heavy (non-hydrogen) atoms. The molecule has 0 spiro atoms. The molecule has 1 fully saturated rings. The van der Waals surface area contributed by atoms with Gasteiger partial charge in [-0.25, -0.2) is 4.79 Å². The minimum atomic E-state index is -2.22. The first-order valence-corrected chi connectivity index (χ1v) is 4.60. The van der Waals surface area contributed by atoms with Gasteiger partial charge in [0, 0.05) is 6.08 Å². The molecule has 0 saturated carbocycles. The van der Waals surface area contributed by atoms with Gasteiger partial charge in [0.25, 0.3) is 0 Å². The molecular weight excluding hydrogens is 220 g/mol. The van der Waals surface area contributed by atoms with E-state index in [1.165, 1.54) is 0 Å².